The molecule has 2 amide bonds. The average Bonchev–Trinajstić information content (AvgIpc) is 3.11. The van der Waals surface area contributed by atoms with Crippen LogP contribution in [0.3, 0.4) is 0 Å². The minimum atomic E-state index is -0.168. The molecule has 3 aromatic rings. The van der Waals surface area contributed by atoms with Crippen molar-refractivity contribution in [3.05, 3.63) is 83.4 Å². The van der Waals surface area contributed by atoms with Gasteiger partial charge in [-0.1, -0.05) is 36.4 Å². The van der Waals surface area contributed by atoms with E-state index in [9.17, 15) is 9.90 Å². The number of benzene rings is 2. The molecule has 0 saturated carbocycles. The Morgan fingerprint density at radius 1 is 1.14 bits per heavy atom. The fourth-order valence-electron chi connectivity index (χ4n) is 3.18. The van der Waals surface area contributed by atoms with E-state index in [4.69, 9.17) is 0 Å². The number of hydrogen-bond donors (Lipinski definition) is 3. The molecule has 0 saturated heterocycles. The van der Waals surface area contributed by atoms with Gasteiger partial charge in [-0.3, -0.25) is 0 Å². The van der Waals surface area contributed by atoms with Crippen LogP contribution in [0.15, 0.2) is 60.9 Å². The zero-order valence-electron chi connectivity index (χ0n) is 16.9. The maximum atomic E-state index is 12.2. The summed E-state index contributed by atoms with van der Waals surface area (Å²) in [5, 5.41) is 15.2. The zero-order chi connectivity index (χ0) is 20.6. The van der Waals surface area contributed by atoms with E-state index in [1.165, 1.54) is 5.56 Å². The van der Waals surface area contributed by atoms with Gasteiger partial charge in [0.05, 0.1) is 0 Å². The van der Waals surface area contributed by atoms with Gasteiger partial charge in [0.2, 0.25) is 0 Å². The van der Waals surface area contributed by atoms with Crippen LogP contribution in [0.1, 0.15) is 35.9 Å². The lowest BCUT2D eigenvalue weighted by Gasteiger charge is -2.15. The third kappa shape index (κ3) is 6.38. The van der Waals surface area contributed by atoms with Crippen molar-refractivity contribution in [3.63, 3.8) is 0 Å². The molecule has 0 aliphatic carbocycles. The molecule has 0 aliphatic rings. The van der Waals surface area contributed by atoms with Crippen LogP contribution in [0, 0.1) is 6.92 Å². The number of aromatic hydroxyl groups is 1. The van der Waals surface area contributed by atoms with Crippen LogP contribution in [0.25, 0.3) is 0 Å². The van der Waals surface area contributed by atoms with E-state index in [1.54, 1.807) is 18.3 Å². The number of amides is 2. The summed E-state index contributed by atoms with van der Waals surface area (Å²) in [6, 6.07) is 15.3. The fourth-order valence-corrected chi connectivity index (χ4v) is 3.18. The van der Waals surface area contributed by atoms with Gasteiger partial charge in [0.25, 0.3) is 0 Å². The molecular formula is C23H28N4O2. The van der Waals surface area contributed by atoms with Crippen LogP contribution in [0.5, 0.6) is 5.75 Å². The molecule has 0 fully saturated rings. The Labute approximate surface area is 171 Å². The summed E-state index contributed by atoms with van der Waals surface area (Å²) >= 11 is 0. The Kier molecular flexibility index (Phi) is 6.89. The summed E-state index contributed by atoms with van der Waals surface area (Å²) in [5.41, 5.74) is 3.38. The Balaban J connectivity index is 1.43. The normalized spacial score (nSPS) is 11.8. The van der Waals surface area contributed by atoms with Crippen LogP contribution in [-0.2, 0) is 19.5 Å². The zero-order valence-corrected chi connectivity index (χ0v) is 16.9. The molecule has 6 heteroatoms. The van der Waals surface area contributed by atoms with Crippen molar-refractivity contribution < 1.29 is 9.90 Å². The van der Waals surface area contributed by atoms with Crippen LogP contribution in [-0.4, -0.2) is 26.7 Å². The second kappa shape index (κ2) is 9.78. The van der Waals surface area contributed by atoms with E-state index < -0.39 is 0 Å². The number of phenols is 1. The summed E-state index contributed by atoms with van der Waals surface area (Å²) in [5.74, 6) is 1.25. The van der Waals surface area contributed by atoms with Crippen molar-refractivity contribution in [2.24, 2.45) is 0 Å². The molecule has 1 unspecified atom stereocenters. The summed E-state index contributed by atoms with van der Waals surface area (Å²) < 4.78 is 2.09. The molecular weight excluding hydrogens is 364 g/mol. The van der Waals surface area contributed by atoms with E-state index in [0.29, 0.717) is 6.54 Å². The molecule has 1 atom stereocenters. The predicted octanol–water partition coefficient (Wildman–Crippen LogP) is 3.77. The lowest BCUT2D eigenvalue weighted by atomic mass is 10.1. The molecule has 0 radical (unpaired) electrons. The van der Waals surface area contributed by atoms with Crippen molar-refractivity contribution in [3.8, 4) is 5.75 Å². The standard InChI is InChI=1S/C23H28N4O2/c1-17(6-7-19-8-10-22(28)11-9-19)26-23(29)25-15-20-4-3-5-21(14-20)16-27-13-12-24-18(27)2/h3-5,8-14,17,28H,6-7,15-16H2,1-2H3,(H2,25,26,29). The third-order valence-corrected chi connectivity index (χ3v) is 4.90. The third-order valence-electron chi connectivity index (χ3n) is 4.90. The number of rotatable bonds is 8. The first-order valence-corrected chi connectivity index (χ1v) is 9.87. The molecule has 29 heavy (non-hydrogen) atoms. The molecule has 152 valence electrons. The first-order valence-electron chi connectivity index (χ1n) is 9.87. The van der Waals surface area contributed by atoms with Crippen LogP contribution < -0.4 is 10.6 Å². The molecule has 3 N–H and O–H groups in total. The Hall–Kier alpha value is -3.28. The first kappa shape index (κ1) is 20.5. The van der Waals surface area contributed by atoms with Gasteiger partial charge >= 0.3 is 6.03 Å². The number of urea groups is 1. The Morgan fingerprint density at radius 2 is 1.90 bits per heavy atom. The number of aromatic nitrogens is 2. The Morgan fingerprint density at radius 3 is 2.62 bits per heavy atom. The number of hydrogen-bond acceptors (Lipinski definition) is 3. The summed E-state index contributed by atoms with van der Waals surface area (Å²) in [4.78, 5) is 16.4. The first-order chi connectivity index (χ1) is 14.0. The summed E-state index contributed by atoms with van der Waals surface area (Å²) in [6.45, 7) is 5.22. The molecule has 2 aromatic carbocycles. The van der Waals surface area contributed by atoms with Gasteiger partial charge in [-0.15, -0.1) is 0 Å². The lowest BCUT2D eigenvalue weighted by Crippen LogP contribution is -2.40. The van der Waals surface area contributed by atoms with Crippen LogP contribution in [0.4, 0.5) is 4.79 Å². The number of aryl methyl sites for hydroxylation is 2. The molecule has 3 rings (SSSR count). The highest BCUT2D eigenvalue weighted by Gasteiger charge is 2.08. The fraction of sp³-hybridized carbons (Fsp3) is 0.304. The van der Waals surface area contributed by atoms with Crippen molar-refractivity contribution in [1.29, 1.82) is 0 Å². The number of nitrogens with one attached hydrogen (secondary N) is 2. The minimum absolute atomic E-state index is 0.0550. The maximum Gasteiger partial charge on any atom is 0.315 e. The largest absolute Gasteiger partial charge is 0.508 e. The van der Waals surface area contributed by atoms with Crippen molar-refractivity contribution in [1.82, 2.24) is 20.2 Å². The predicted molar refractivity (Wildman–Crippen MR) is 114 cm³/mol. The molecule has 6 nitrogen and oxygen atoms in total. The van der Waals surface area contributed by atoms with Crippen molar-refractivity contribution >= 4 is 6.03 Å². The van der Waals surface area contributed by atoms with E-state index in [2.05, 4.69) is 32.3 Å². The monoisotopic (exact) mass is 392 g/mol. The lowest BCUT2D eigenvalue weighted by molar-refractivity contribution is 0.237. The number of carbonyl (C=O) groups is 1. The average molecular weight is 393 g/mol. The highest BCUT2D eigenvalue weighted by Crippen LogP contribution is 2.12. The Bertz CT molecular complexity index is 934. The van der Waals surface area contributed by atoms with Gasteiger partial charge < -0.3 is 20.3 Å². The molecule has 0 bridgehead atoms. The SMILES string of the molecule is Cc1nccn1Cc1cccc(CNC(=O)NC(C)CCc2ccc(O)cc2)c1. The number of nitrogens with zero attached hydrogens (tertiary/aromatic N) is 2. The van der Waals surface area contributed by atoms with E-state index in [1.807, 2.05) is 44.3 Å². The summed E-state index contributed by atoms with van der Waals surface area (Å²) in [7, 11) is 0. The van der Waals surface area contributed by atoms with Gasteiger partial charge in [-0.25, -0.2) is 9.78 Å². The van der Waals surface area contributed by atoms with Gasteiger partial charge in [0.15, 0.2) is 0 Å². The second-order valence-corrected chi connectivity index (χ2v) is 7.36. The van der Waals surface area contributed by atoms with E-state index in [0.717, 1.165) is 36.3 Å². The van der Waals surface area contributed by atoms with Gasteiger partial charge in [-0.2, -0.15) is 0 Å². The highest BCUT2D eigenvalue weighted by atomic mass is 16.3. The van der Waals surface area contributed by atoms with Gasteiger partial charge in [0, 0.05) is 31.5 Å². The van der Waals surface area contributed by atoms with Gasteiger partial charge in [0.1, 0.15) is 11.6 Å². The van der Waals surface area contributed by atoms with Gasteiger partial charge in [-0.05, 0) is 55.5 Å². The van der Waals surface area contributed by atoms with Crippen molar-refractivity contribution in [2.45, 2.75) is 45.8 Å². The number of carbonyl (C=O) groups excluding carboxylic acids is 1. The molecule has 0 spiro atoms. The minimum Gasteiger partial charge on any atom is -0.508 e. The summed E-state index contributed by atoms with van der Waals surface area (Å²) in [6.07, 6.45) is 5.44. The molecule has 1 heterocycles. The second-order valence-electron chi connectivity index (χ2n) is 7.36. The quantitative estimate of drug-likeness (QED) is 0.546. The number of imidazole rings is 1. The molecule has 0 aliphatic heterocycles. The van der Waals surface area contributed by atoms with E-state index in [-0.39, 0.29) is 17.8 Å². The highest BCUT2D eigenvalue weighted by molar-refractivity contribution is 5.74. The maximum absolute atomic E-state index is 12.2. The van der Waals surface area contributed by atoms with Crippen molar-refractivity contribution in [2.75, 3.05) is 0 Å². The van der Waals surface area contributed by atoms with E-state index >= 15 is 0 Å². The number of phenolic OH excluding ortho intramolecular Hbond substituents is 1. The smallest absolute Gasteiger partial charge is 0.315 e. The van der Waals surface area contributed by atoms with Crippen LogP contribution >= 0.6 is 0 Å². The molecule has 1 aromatic heterocycles. The topological polar surface area (TPSA) is 79.2 Å². The van der Waals surface area contributed by atoms with Crippen LogP contribution in [0.2, 0.25) is 0 Å².